The molecule has 0 saturated carbocycles. The Balaban J connectivity index is 3.39. The first-order chi connectivity index (χ1) is 3.66. The van der Waals surface area contributed by atoms with Crippen molar-refractivity contribution in [1.82, 2.24) is 0 Å². The van der Waals surface area contributed by atoms with Gasteiger partial charge in [0.2, 0.25) is 0 Å². The second kappa shape index (κ2) is 3.53. The predicted molar refractivity (Wildman–Crippen MR) is 33.9 cm³/mol. The van der Waals surface area contributed by atoms with E-state index in [2.05, 4.69) is 13.8 Å². The maximum atomic E-state index is 10.0. The molecule has 1 nitrogen and oxygen atoms in total. The SMILES string of the molecule is C/C(=C\[O])CC(C)C. The Morgan fingerprint density at radius 1 is 1.62 bits per heavy atom. The highest BCUT2D eigenvalue weighted by molar-refractivity contribution is 4.92. The largest absolute Gasteiger partial charge is 0.299 e. The van der Waals surface area contributed by atoms with Gasteiger partial charge in [-0.3, -0.25) is 5.11 Å². The van der Waals surface area contributed by atoms with E-state index in [9.17, 15) is 5.11 Å². The van der Waals surface area contributed by atoms with Crippen molar-refractivity contribution in [2.75, 3.05) is 0 Å². The van der Waals surface area contributed by atoms with Crippen molar-refractivity contribution in [3.63, 3.8) is 0 Å². The molecule has 0 heterocycles. The molecule has 0 aliphatic heterocycles. The van der Waals surface area contributed by atoms with Crippen LogP contribution in [-0.2, 0) is 5.11 Å². The normalized spacial score (nSPS) is 12.8. The van der Waals surface area contributed by atoms with Crippen LogP contribution in [0.1, 0.15) is 27.2 Å². The average molecular weight is 113 g/mol. The lowest BCUT2D eigenvalue weighted by Crippen LogP contribution is -1.86. The van der Waals surface area contributed by atoms with Gasteiger partial charge in [-0.25, -0.2) is 0 Å². The van der Waals surface area contributed by atoms with E-state index in [0.717, 1.165) is 18.3 Å². The summed E-state index contributed by atoms with van der Waals surface area (Å²) < 4.78 is 0. The van der Waals surface area contributed by atoms with Gasteiger partial charge in [0.05, 0.1) is 0 Å². The fourth-order valence-electron chi connectivity index (χ4n) is 0.692. The lowest BCUT2D eigenvalue weighted by atomic mass is 10.1. The van der Waals surface area contributed by atoms with Crippen molar-refractivity contribution in [2.24, 2.45) is 5.92 Å². The van der Waals surface area contributed by atoms with Crippen LogP contribution in [0.15, 0.2) is 11.8 Å². The van der Waals surface area contributed by atoms with Gasteiger partial charge in [0, 0.05) is 0 Å². The Hall–Kier alpha value is -0.460. The van der Waals surface area contributed by atoms with Crippen LogP contribution < -0.4 is 0 Å². The molecule has 0 saturated heterocycles. The zero-order valence-corrected chi connectivity index (χ0v) is 5.77. The van der Waals surface area contributed by atoms with Gasteiger partial charge in [-0.1, -0.05) is 13.8 Å². The van der Waals surface area contributed by atoms with Crippen LogP contribution in [0.25, 0.3) is 0 Å². The van der Waals surface area contributed by atoms with Crippen LogP contribution in [0.5, 0.6) is 0 Å². The van der Waals surface area contributed by atoms with E-state index in [4.69, 9.17) is 0 Å². The average Bonchev–Trinajstić information content (AvgIpc) is 1.65. The van der Waals surface area contributed by atoms with Crippen LogP contribution >= 0.6 is 0 Å². The Morgan fingerprint density at radius 3 is 2.25 bits per heavy atom. The molecular formula is C7H13O. The maximum Gasteiger partial charge on any atom is 0.141 e. The fraction of sp³-hybridized carbons (Fsp3) is 0.714. The second-order valence-corrected chi connectivity index (χ2v) is 2.56. The molecule has 0 N–H and O–H groups in total. The Morgan fingerprint density at radius 2 is 2.12 bits per heavy atom. The van der Waals surface area contributed by atoms with Crippen molar-refractivity contribution in [3.8, 4) is 0 Å². The lowest BCUT2D eigenvalue weighted by molar-refractivity contribution is 0.343. The molecule has 0 aliphatic carbocycles. The molecule has 0 aromatic carbocycles. The van der Waals surface area contributed by atoms with Gasteiger partial charge in [0.15, 0.2) is 0 Å². The molecular weight excluding hydrogens is 100 g/mol. The van der Waals surface area contributed by atoms with Gasteiger partial charge >= 0.3 is 0 Å². The summed E-state index contributed by atoms with van der Waals surface area (Å²) >= 11 is 0. The first-order valence-corrected chi connectivity index (χ1v) is 2.94. The van der Waals surface area contributed by atoms with Gasteiger partial charge in [-0.05, 0) is 24.8 Å². The van der Waals surface area contributed by atoms with Crippen LogP contribution in [0.3, 0.4) is 0 Å². The van der Waals surface area contributed by atoms with Crippen LogP contribution in [0.4, 0.5) is 0 Å². The number of hydrogen-bond donors (Lipinski definition) is 0. The Bertz CT molecular complexity index is 82.4. The molecule has 0 aromatic rings. The molecule has 8 heavy (non-hydrogen) atoms. The molecule has 47 valence electrons. The number of hydrogen-bond acceptors (Lipinski definition) is 0. The molecule has 0 fully saturated rings. The molecule has 0 atom stereocenters. The zero-order chi connectivity index (χ0) is 6.57. The molecule has 0 unspecified atom stereocenters. The molecule has 0 amide bonds. The van der Waals surface area contributed by atoms with Gasteiger partial charge < -0.3 is 0 Å². The first-order valence-electron chi connectivity index (χ1n) is 2.94. The van der Waals surface area contributed by atoms with Crippen LogP contribution in [0.2, 0.25) is 0 Å². The lowest BCUT2D eigenvalue weighted by Gasteiger charge is -2.00. The van der Waals surface area contributed by atoms with Crippen molar-refractivity contribution < 1.29 is 5.11 Å². The standard InChI is InChI=1S/C7H13O/c1-6(2)4-7(3)5-8/h5-6H,4H2,1-3H3/b7-5+. The summed E-state index contributed by atoms with van der Waals surface area (Å²) in [6.07, 6.45) is 1.86. The third-order valence-electron chi connectivity index (χ3n) is 0.931. The van der Waals surface area contributed by atoms with Gasteiger partial charge in [-0.15, -0.1) is 0 Å². The van der Waals surface area contributed by atoms with Crippen molar-refractivity contribution in [2.45, 2.75) is 27.2 Å². The molecule has 0 spiro atoms. The van der Waals surface area contributed by atoms with E-state index in [1.54, 1.807) is 0 Å². The summed E-state index contributed by atoms with van der Waals surface area (Å²) in [4.78, 5) is 0. The minimum absolute atomic E-state index is 0.611. The van der Waals surface area contributed by atoms with Gasteiger partial charge in [0.25, 0.3) is 0 Å². The molecule has 0 aromatic heterocycles. The smallest absolute Gasteiger partial charge is 0.141 e. The molecule has 0 aliphatic rings. The highest BCUT2D eigenvalue weighted by Crippen LogP contribution is 2.07. The zero-order valence-electron chi connectivity index (χ0n) is 5.77. The minimum atomic E-state index is 0.611. The van der Waals surface area contributed by atoms with Gasteiger partial charge in [-0.2, -0.15) is 0 Å². The Labute approximate surface area is 51.0 Å². The molecule has 0 rings (SSSR count). The van der Waals surface area contributed by atoms with Crippen molar-refractivity contribution in [3.05, 3.63) is 11.8 Å². The van der Waals surface area contributed by atoms with Crippen LogP contribution in [-0.4, -0.2) is 0 Å². The maximum absolute atomic E-state index is 10.0. The molecule has 0 bridgehead atoms. The summed E-state index contributed by atoms with van der Waals surface area (Å²) in [5.41, 5.74) is 0.944. The second-order valence-electron chi connectivity index (χ2n) is 2.56. The molecule has 1 heteroatoms. The topological polar surface area (TPSA) is 19.9 Å². The summed E-state index contributed by atoms with van der Waals surface area (Å²) in [5, 5.41) is 10.0. The minimum Gasteiger partial charge on any atom is -0.299 e. The van der Waals surface area contributed by atoms with E-state index in [0.29, 0.717) is 5.92 Å². The third kappa shape index (κ3) is 3.72. The highest BCUT2D eigenvalue weighted by Gasteiger charge is 1.93. The predicted octanol–water partition coefficient (Wildman–Crippen LogP) is 2.37. The summed E-state index contributed by atoms with van der Waals surface area (Å²) in [5.74, 6) is 0.611. The fourth-order valence-corrected chi connectivity index (χ4v) is 0.692. The highest BCUT2D eigenvalue weighted by atomic mass is 16.2. The van der Waals surface area contributed by atoms with Gasteiger partial charge in [0.1, 0.15) is 6.26 Å². The third-order valence-corrected chi connectivity index (χ3v) is 0.931. The van der Waals surface area contributed by atoms with E-state index in [1.807, 2.05) is 6.92 Å². The van der Waals surface area contributed by atoms with Crippen LogP contribution in [0, 0.1) is 5.92 Å². The van der Waals surface area contributed by atoms with E-state index in [-0.39, 0.29) is 0 Å². The summed E-state index contributed by atoms with van der Waals surface area (Å²) in [7, 11) is 0. The first kappa shape index (κ1) is 7.54. The molecule has 1 radical (unpaired) electrons. The summed E-state index contributed by atoms with van der Waals surface area (Å²) in [6, 6.07) is 0. The Kier molecular flexibility index (Phi) is 3.33. The van der Waals surface area contributed by atoms with E-state index < -0.39 is 0 Å². The number of rotatable bonds is 2. The quantitative estimate of drug-likeness (QED) is 0.490. The van der Waals surface area contributed by atoms with Crippen molar-refractivity contribution in [1.29, 1.82) is 0 Å². The summed E-state index contributed by atoms with van der Waals surface area (Å²) in [6.45, 7) is 6.08. The number of allylic oxidation sites excluding steroid dienone is 1. The monoisotopic (exact) mass is 113 g/mol. The van der Waals surface area contributed by atoms with E-state index >= 15 is 0 Å². The van der Waals surface area contributed by atoms with Crippen molar-refractivity contribution >= 4 is 0 Å². The van der Waals surface area contributed by atoms with E-state index in [1.165, 1.54) is 0 Å².